The number of ether oxygens (including phenoxy) is 1. The standard InChI is InChI=1S/C9H5ClF4O2/c10-9(13,14)8(15)16-4-5-1-2-6(11)7(12)3-5/h1-3H,4H2. The van der Waals surface area contributed by atoms with Crippen LogP contribution in [0.15, 0.2) is 18.2 Å². The van der Waals surface area contributed by atoms with Gasteiger partial charge < -0.3 is 4.74 Å². The first-order chi connectivity index (χ1) is 7.30. The summed E-state index contributed by atoms with van der Waals surface area (Å²) in [7, 11) is 0. The maximum Gasteiger partial charge on any atom is 0.417 e. The van der Waals surface area contributed by atoms with E-state index >= 15 is 0 Å². The number of alkyl halides is 3. The Labute approximate surface area is 92.8 Å². The van der Waals surface area contributed by atoms with Crippen molar-refractivity contribution in [3.05, 3.63) is 35.4 Å². The molecule has 0 fully saturated rings. The number of hydrogen-bond donors (Lipinski definition) is 0. The number of carbonyl (C=O) groups excluding carboxylic acids is 1. The van der Waals surface area contributed by atoms with Crippen molar-refractivity contribution in [1.29, 1.82) is 0 Å². The molecule has 16 heavy (non-hydrogen) atoms. The van der Waals surface area contributed by atoms with Crippen LogP contribution in [0.25, 0.3) is 0 Å². The number of carbonyl (C=O) groups is 1. The fourth-order valence-electron chi connectivity index (χ4n) is 0.860. The van der Waals surface area contributed by atoms with Gasteiger partial charge in [-0.2, -0.15) is 8.78 Å². The maximum absolute atomic E-state index is 12.6. The van der Waals surface area contributed by atoms with Crippen LogP contribution in [0.2, 0.25) is 0 Å². The molecule has 88 valence electrons. The van der Waals surface area contributed by atoms with Gasteiger partial charge in [-0.1, -0.05) is 6.07 Å². The predicted molar refractivity (Wildman–Crippen MR) is 47.0 cm³/mol. The topological polar surface area (TPSA) is 26.3 Å². The largest absolute Gasteiger partial charge is 0.455 e. The third kappa shape index (κ3) is 3.37. The summed E-state index contributed by atoms with van der Waals surface area (Å²) in [6.07, 6.45) is 0. The molecule has 1 aromatic carbocycles. The number of rotatable bonds is 3. The fraction of sp³-hybridized carbons (Fsp3) is 0.222. The molecule has 0 unspecified atom stereocenters. The molecule has 0 atom stereocenters. The minimum atomic E-state index is -4.13. The van der Waals surface area contributed by atoms with E-state index in [1.807, 2.05) is 0 Å². The van der Waals surface area contributed by atoms with E-state index in [-0.39, 0.29) is 5.56 Å². The van der Waals surface area contributed by atoms with E-state index in [0.29, 0.717) is 0 Å². The van der Waals surface area contributed by atoms with Crippen molar-refractivity contribution < 1.29 is 27.1 Å². The van der Waals surface area contributed by atoms with E-state index in [2.05, 4.69) is 16.3 Å². The highest BCUT2D eigenvalue weighted by Crippen LogP contribution is 2.21. The lowest BCUT2D eigenvalue weighted by atomic mass is 10.2. The average molecular weight is 257 g/mol. The summed E-state index contributed by atoms with van der Waals surface area (Å²) >= 11 is 4.36. The molecular weight excluding hydrogens is 252 g/mol. The second-order valence-corrected chi connectivity index (χ2v) is 3.30. The second kappa shape index (κ2) is 4.69. The molecule has 0 saturated heterocycles. The lowest BCUT2D eigenvalue weighted by Gasteiger charge is -2.08. The van der Waals surface area contributed by atoms with E-state index in [4.69, 9.17) is 0 Å². The van der Waals surface area contributed by atoms with Gasteiger partial charge in [-0.25, -0.2) is 13.6 Å². The van der Waals surface area contributed by atoms with Crippen molar-refractivity contribution in [2.24, 2.45) is 0 Å². The molecule has 0 N–H and O–H groups in total. The van der Waals surface area contributed by atoms with Crippen molar-refractivity contribution >= 4 is 17.6 Å². The van der Waals surface area contributed by atoms with Crippen molar-refractivity contribution in [2.75, 3.05) is 0 Å². The smallest absolute Gasteiger partial charge is 0.417 e. The van der Waals surface area contributed by atoms with Gasteiger partial charge in [-0.3, -0.25) is 0 Å². The first-order valence-corrected chi connectivity index (χ1v) is 4.36. The maximum atomic E-state index is 12.6. The first kappa shape index (κ1) is 12.8. The van der Waals surface area contributed by atoms with Gasteiger partial charge in [0.1, 0.15) is 6.61 Å². The molecule has 0 aliphatic carbocycles. The Kier molecular flexibility index (Phi) is 3.74. The summed E-state index contributed by atoms with van der Waals surface area (Å²) in [4.78, 5) is 10.5. The molecule has 0 radical (unpaired) electrons. The van der Waals surface area contributed by atoms with Crippen LogP contribution in [0, 0.1) is 11.6 Å². The van der Waals surface area contributed by atoms with Crippen LogP contribution < -0.4 is 0 Å². The van der Waals surface area contributed by atoms with Crippen molar-refractivity contribution in [3.8, 4) is 0 Å². The summed E-state index contributed by atoms with van der Waals surface area (Å²) in [5, 5.41) is -4.13. The summed E-state index contributed by atoms with van der Waals surface area (Å²) in [6, 6.07) is 2.62. The SMILES string of the molecule is O=C(OCc1ccc(F)c(F)c1)C(F)(F)Cl. The van der Waals surface area contributed by atoms with Crippen LogP contribution in [-0.4, -0.2) is 11.4 Å². The van der Waals surface area contributed by atoms with Gasteiger partial charge in [-0.05, 0) is 29.3 Å². The summed E-state index contributed by atoms with van der Waals surface area (Å²) in [5.74, 6) is -4.19. The minimum absolute atomic E-state index is 0.0353. The van der Waals surface area contributed by atoms with Gasteiger partial charge in [-0.15, -0.1) is 0 Å². The Morgan fingerprint density at radius 1 is 1.31 bits per heavy atom. The Balaban J connectivity index is 2.62. The normalized spacial score (nSPS) is 11.3. The first-order valence-electron chi connectivity index (χ1n) is 3.98. The third-order valence-electron chi connectivity index (χ3n) is 1.59. The van der Waals surface area contributed by atoms with Crippen LogP contribution >= 0.6 is 11.6 Å². The minimum Gasteiger partial charge on any atom is -0.455 e. The lowest BCUT2D eigenvalue weighted by molar-refractivity contribution is -0.162. The number of esters is 1. The highest BCUT2D eigenvalue weighted by atomic mass is 35.5. The molecule has 0 amide bonds. The van der Waals surface area contributed by atoms with E-state index < -0.39 is 29.6 Å². The van der Waals surface area contributed by atoms with Crippen molar-refractivity contribution in [1.82, 2.24) is 0 Å². The van der Waals surface area contributed by atoms with Crippen LogP contribution in [0.1, 0.15) is 5.56 Å². The molecule has 0 bridgehead atoms. The van der Waals surface area contributed by atoms with Gasteiger partial charge in [0, 0.05) is 0 Å². The second-order valence-electron chi connectivity index (χ2n) is 2.82. The number of hydrogen-bond acceptors (Lipinski definition) is 2. The van der Waals surface area contributed by atoms with Gasteiger partial charge in [0.05, 0.1) is 0 Å². The van der Waals surface area contributed by atoms with Crippen molar-refractivity contribution in [3.63, 3.8) is 0 Å². The monoisotopic (exact) mass is 256 g/mol. The van der Waals surface area contributed by atoms with Gasteiger partial charge in [0.15, 0.2) is 11.6 Å². The molecule has 7 heteroatoms. The molecule has 0 aliphatic rings. The molecule has 0 saturated carbocycles. The molecule has 0 spiro atoms. The molecule has 1 aromatic rings. The Morgan fingerprint density at radius 3 is 2.44 bits per heavy atom. The van der Waals surface area contributed by atoms with Crippen LogP contribution in [-0.2, 0) is 16.1 Å². The highest BCUT2D eigenvalue weighted by Gasteiger charge is 2.37. The van der Waals surface area contributed by atoms with Gasteiger partial charge in [0.25, 0.3) is 0 Å². The Morgan fingerprint density at radius 2 is 1.94 bits per heavy atom. The van der Waals surface area contributed by atoms with E-state index in [1.54, 1.807) is 0 Å². The van der Waals surface area contributed by atoms with Crippen LogP contribution in [0.3, 0.4) is 0 Å². The summed E-state index contributed by atoms with van der Waals surface area (Å²) < 4.78 is 53.4. The highest BCUT2D eigenvalue weighted by molar-refractivity contribution is 6.31. The molecule has 1 rings (SSSR count). The molecule has 0 heterocycles. The zero-order valence-corrected chi connectivity index (χ0v) is 8.40. The number of halogens is 5. The average Bonchev–Trinajstić information content (AvgIpc) is 2.18. The van der Waals surface area contributed by atoms with E-state index in [0.717, 1.165) is 18.2 Å². The zero-order chi connectivity index (χ0) is 12.3. The molecule has 2 nitrogen and oxygen atoms in total. The molecular formula is C9H5ClF4O2. The van der Waals surface area contributed by atoms with Crippen LogP contribution in [0.5, 0.6) is 0 Å². The van der Waals surface area contributed by atoms with Crippen molar-refractivity contribution in [2.45, 2.75) is 12.0 Å². The summed E-state index contributed by atoms with van der Waals surface area (Å²) in [6.45, 7) is -0.613. The van der Waals surface area contributed by atoms with E-state index in [1.165, 1.54) is 0 Å². The molecule has 0 aromatic heterocycles. The predicted octanol–water partition coefficient (Wildman–Crippen LogP) is 2.84. The van der Waals surface area contributed by atoms with Gasteiger partial charge in [0.2, 0.25) is 0 Å². The van der Waals surface area contributed by atoms with Crippen LogP contribution in [0.4, 0.5) is 17.6 Å². The molecule has 0 aliphatic heterocycles. The summed E-state index contributed by atoms with van der Waals surface area (Å²) in [5.41, 5.74) is 0.0353. The number of benzene rings is 1. The lowest BCUT2D eigenvalue weighted by Crippen LogP contribution is -2.24. The quantitative estimate of drug-likeness (QED) is 0.472. The fourth-order valence-corrected chi connectivity index (χ4v) is 0.915. The Hall–Kier alpha value is -1.30. The van der Waals surface area contributed by atoms with Gasteiger partial charge >= 0.3 is 11.4 Å². The zero-order valence-electron chi connectivity index (χ0n) is 7.65. The Bertz CT molecular complexity index is 403. The third-order valence-corrected chi connectivity index (χ3v) is 1.74. The van der Waals surface area contributed by atoms with E-state index in [9.17, 15) is 22.4 Å².